The third kappa shape index (κ3) is 3.91. The van der Waals surface area contributed by atoms with Gasteiger partial charge in [0, 0.05) is 13.7 Å². The van der Waals surface area contributed by atoms with Gasteiger partial charge in [0.15, 0.2) is 11.5 Å². The van der Waals surface area contributed by atoms with Crippen LogP contribution in [0.1, 0.15) is 11.1 Å². The molecule has 0 unspecified atom stereocenters. The smallest absolute Gasteiger partial charge is 0.161 e. The lowest BCUT2D eigenvalue weighted by molar-refractivity contribution is 0.176. The fraction of sp³-hybridized carbons (Fsp3) is 0.538. The van der Waals surface area contributed by atoms with Crippen molar-refractivity contribution < 1.29 is 14.2 Å². The van der Waals surface area contributed by atoms with Crippen molar-refractivity contribution >= 4 is 0 Å². The van der Waals surface area contributed by atoms with Gasteiger partial charge in [-0.25, -0.2) is 0 Å². The highest BCUT2D eigenvalue weighted by Gasteiger charge is 2.07. The first-order valence-corrected chi connectivity index (χ1v) is 5.64. The lowest BCUT2D eigenvalue weighted by Gasteiger charge is -2.13. The standard InChI is InChI=1S/C13H21NO3/c1-10-7-12(16-3)13(17-4)8-11(10)5-6-14-9-15-2/h7-8,14H,5-6,9H2,1-4H3. The first-order chi connectivity index (χ1) is 8.22. The fourth-order valence-electron chi connectivity index (χ4n) is 1.69. The molecule has 1 aromatic rings. The Labute approximate surface area is 103 Å². The van der Waals surface area contributed by atoms with E-state index in [0.29, 0.717) is 6.73 Å². The molecule has 0 spiro atoms. The van der Waals surface area contributed by atoms with Crippen molar-refractivity contribution in [2.24, 2.45) is 0 Å². The van der Waals surface area contributed by atoms with Crippen molar-refractivity contribution in [3.8, 4) is 11.5 Å². The molecular weight excluding hydrogens is 218 g/mol. The molecule has 0 atom stereocenters. The second-order valence-electron chi connectivity index (χ2n) is 3.82. The Morgan fingerprint density at radius 3 is 2.29 bits per heavy atom. The van der Waals surface area contributed by atoms with Gasteiger partial charge in [-0.2, -0.15) is 0 Å². The summed E-state index contributed by atoms with van der Waals surface area (Å²) < 4.78 is 15.5. The van der Waals surface area contributed by atoms with E-state index in [2.05, 4.69) is 12.2 Å². The Kier molecular flexibility index (Phi) is 5.80. The number of rotatable bonds is 7. The molecule has 17 heavy (non-hydrogen) atoms. The van der Waals surface area contributed by atoms with Crippen LogP contribution in [0.4, 0.5) is 0 Å². The number of hydrogen-bond donors (Lipinski definition) is 1. The third-order valence-electron chi connectivity index (χ3n) is 2.66. The number of benzene rings is 1. The van der Waals surface area contributed by atoms with Crippen LogP contribution in [0.3, 0.4) is 0 Å². The molecule has 0 saturated heterocycles. The summed E-state index contributed by atoms with van der Waals surface area (Å²) in [7, 11) is 4.98. The maximum Gasteiger partial charge on any atom is 0.161 e. The molecule has 0 bridgehead atoms. The van der Waals surface area contributed by atoms with Crippen LogP contribution in [0.5, 0.6) is 11.5 Å². The van der Waals surface area contributed by atoms with Crippen molar-refractivity contribution in [2.45, 2.75) is 13.3 Å². The molecule has 0 heterocycles. The average molecular weight is 239 g/mol. The second-order valence-corrected chi connectivity index (χ2v) is 3.82. The van der Waals surface area contributed by atoms with E-state index in [1.54, 1.807) is 21.3 Å². The van der Waals surface area contributed by atoms with Crippen molar-refractivity contribution in [3.63, 3.8) is 0 Å². The molecule has 4 heteroatoms. The molecule has 96 valence electrons. The molecule has 1 rings (SSSR count). The van der Waals surface area contributed by atoms with E-state index in [1.807, 2.05) is 12.1 Å². The van der Waals surface area contributed by atoms with Crippen LogP contribution in [-0.2, 0) is 11.2 Å². The summed E-state index contributed by atoms with van der Waals surface area (Å²) in [6.07, 6.45) is 0.940. The maximum absolute atomic E-state index is 5.29. The first-order valence-electron chi connectivity index (χ1n) is 5.64. The van der Waals surface area contributed by atoms with E-state index >= 15 is 0 Å². The molecule has 0 saturated carbocycles. The molecule has 0 radical (unpaired) electrons. The minimum Gasteiger partial charge on any atom is -0.493 e. The summed E-state index contributed by atoms with van der Waals surface area (Å²) in [5.41, 5.74) is 2.47. The van der Waals surface area contributed by atoms with Gasteiger partial charge >= 0.3 is 0 Å². The van der Waals surface area contributed by atoms with Gasteiger partial charge in [-0.1, -0.05) is 0 Å². The first kappa shape index (κ1) is 13.8. The minimum atomic E-state index is 0.576. The van der Waals surface area contributed by atoms with Gasteiger partial charge in [0.1, 0.15) is 0 Å². The van der Waals surface area contributed by atoms with E-state index in [4.69, 9.17) is 14.2 Å². The van der Waals surface area contributed by atoms with Crippen LogP contribution < -0.4 is 14.8 Å². The van der Waals surface area contributed by atoms with Crippen molar-refractivity contribution in [3.05, 3.63) is 23.3 Å². The summed E-state index contributed by atoms with van der Waals surface area (Å²) in [6.45, 7) is 3.53. The van der Waals surface area contributed by atoms with Crippen LogP contribution in [0, 0.1) is 6.92 Å². The molecule has 0 fully saturated rings. The summed E-state index contributed by atoms with van der Waals surface area (Å²) in [5, 5.41) is 3.18. The van der Waals surface area contributed by atoms with E-state index in [9.17, 15) is 0 Å². The summed E-state index contributed by atoms with van der Waals surface area (Å²) in [5.74, 6) is 1.55. The third-order valence-corrected chi connectivity index (χ3v) is 2.66. The van der Waals surface area contributed by atoms with Gasteiger partial charge in [-0.05, 0) is 36.6 Å². The molecule has 1 aromatic carbocycles. The van der Waals surface area contributed by atoms with Gasteiger partial charge in [-0.3, -0.25) is 5.32 Å². The quantitative estimate of drug-likeness (QED) is 0.581. The lowest BCUT2D eigenvalue weighted by atomic mass is 10.0. The highest BCUT2D eigenvalue weighted by atomic mass is 16.5. The Bertz CT molecular complexity index is 353. The zero-order valence-electron chi connectivity index (χ0n) is 11.0. The molecule has 0 amide bonds. The number of nitrogens with one attached hydrogen (secondary N) is 1. The molecule has 0 aliphatic carbocycles. The van der Waals surface area contributed by atoms with Gasteiger partial charge < -0.3 is 14.2 Å². The van der Waals surface area contributed by atoms with Crippen LogP contribution >= 0.6 is 0 Å². The monoisotopic (exact) mass is 239 g/mol. The zero-order chi connectivity index (χ0) is 12.7. The summed E-state index contributed by atoms with van der Waals surface area (Å²) in [4.78, 5) is 0. The SMILES string of the molecule is COCNCCc1cc(OC)c(OC)cc1C. The average Bonchev–Trinajstić information content (AvgIpc) is 2.35. The minimum absolute atomic E-state index is 0.576. The molecule has 0 aromatic heterocycles. The van der Waals surface area contributed by atoms with Gasteiger partial charge in [0.2, 0.25) is 0 Å². The Morgan fingerprint density at radius 2 is 1.71 bits per heavy atom. The van der Waals surface area contributed by atoms with Crippen LogP contribution in [0.25, 0.3) is 0 Å². The number of methoxy groups -OCH3 is 3. The predicted molar refractivity (Wildman–Crippen MR) is 67.9 cm³/mol. The summed E-state index contributed by atoms with van der Waals surface area (Å²) in [6, 6.07) is 4.03. The van der Waals surface area contributed by atoms with Crippen molar-refractivity contribution in [1.29, 1.82) is 0 Å². The lowest BCUT2D eigenvalue weighted by Crippen LogP contribution is -2.19. The topological polar surface area (TPSA) is 39.7 Å². The Morgan fingerprint density at radius 1 is 1.06 bits per heavy atom. The van der Waals surface area contributed by atoms with Crippen molar-refractivity contribution in [1.82, 2.24) is 5.32 Å². The number of hydrogen-bond acceptors (Lipinski definition) is 4. The molecule has 1 N–H and O–H groups in total. The molecule has 0 aliphatic heterocycles. The van der Waals surface area contributed by atoms with Crippen LogP contribution in [0.2, 0.25) is 0 Å². The maximum atomic E-state index is 5.29. The van der Waals surface area contributed by atoms with Gasteiger partial charge in [0.25, 0.3) is 0 Å². The predicted octanol–water partition coefficient (Wildman–Crippen LogP) is 1.75. The van der Waals surface area contributed by atoms with E-state index in [1.165, 1.54) is 11.1 Å². The Hall–Kier alpha value is -1.26. The fourth-order valence-corrected chi connectivity index (χ4v) is 1.69. The van der Waals surface area contributed by atoms with Crippen molar-refractivity contribution in [2.75, 3.05) is 34.6 Å². The van der Waals surface area contributed by atoms with Crippen LogP contribution in [-0.4, -0.2) is 34.6 Å². The summed E-state index contributed by atoms with van der Waals surface area (Å²) >= 11 is 0. The van der Waals surface area contributed by atoms with Gasteiger partial charge in [-0.15, -0.1) is 0 Å². The highest BCUT2D eigenvalue weighted by Crippen LogP contribution is 2.30. The number of aryl methyl sites for hydroxylation is 1. The largest absolute Gasteiger partial charge is 0.493 e. The number of ether oxygens (including phenoxy) is 3. The molecule has 4 nitrogen and oxygen atoms in total. The highest BCUT2D eigenvalue weighted by molar-refractivity contribution is 5.47. The second kappa shape index (κ2) is 7.14. The van der Waals surface area contributed by atoms with E-state index < -0.39 is 0 Å². The zero-order valence-corrected chi connectivity index (χ0v) is 11.0. The molecule has 0 aliphatic rings. The Balaban J connectivity index is 2.71. The molecular formula is C13H21NO3. The van der Waals surface area contributed by atoms with Crippen LogP contribution in [0.15, 0.2) is 12.1 Å². The normalized spacial score (nSPS) is 10.4. The van der Waals surface area contributed by atoms with E-state index in [-0.39, 0.29) is 0 Å². The van der Waals surface area contributed by atoms with E-state index in [0.717, 1.165) is 24.5 Å². The van der Waals surface area contributed by atoms with Gasteiger partial charge in [0.05, 0.1) is 21.0 Å².